The van der Waals surface area contributed by atoms with E-state index in [1.165, 1.54) is 0 Å². The highest BCUT2D eigenvalue weighted by atomic mass is 16.7. The fraction of sp³-hybridized carbons (Fsp3) is 1.00. The molecule has 0 aromatic rings. The van der Waals surface area contributed by atoms with Crippen LogP contribution in [0.15, 0.2) is 0 Å². The zero-order valence-electron chi connectivity index (χ0n) is 6.53. The Kier molecular flexibility index (Phi) is 1.15. The normalized spacial score (nSPS) is 59.2. The number of rotatable bonds is 1. The predicted molar refractivity (Wildman–Crippen MR) is 37.1 cm³/mol. The van der Waals surface area contributed by atoms with Gasteiger partial charge in [0.15, 0.2) is 6.29 Å². The van der Waals surface area contributed by atoms with Crippen LogP contribution in [-0.2, 0) is 14.2 Å². The third kappa shape index (κ3) is 0.789. The maximum Gasteiger partial charge on any atom is 0.158 e. The maximum atomic E-state index is 5.63. The zero-order chi connectivity index (χ0) is 7.42. The zero-order valence-corrected chi connectivity index (χ0v) is 6.53. The van der Waals surface area contributed by atoms with E-state index in [-0.39, 0.29) is 6.29 Å². The van der Waals surface area contributed by atoms with E-state index < -0.39 is 0 Å². The van der Waals surface area contributed by atoms with Gasteiger partial charge in [-0.3, -0.25) is 0 Å². The van der Waals surface area contributed by atoms with Gasteiger partial charge in [0, 0.05) is 25.9 Å². The molecule has 0 radical (unpaired) electrons. The van der Waals surface area contributed by atoms with Crippen molar-refractivity contribution < 1.29 is 14.2 Å². The third-order valence-electron chi connectivity index (χ3n) is 3.04. The lowest BCUT2D eigenvalue weighted by Gasteiger charge is -2.10. The van der Waals surface area contributed by atoms with Crippen LogP contribution < -0.4 is 0 Å². The first-order chi connectivity index (χ1) is 5.38. The van der Waals surface area contributed by atoms with Crippen molar-refractivity contribution in [2.45, 2.75) is 37.4 Å². The van der Waals surface area contributed by atoms with E-state index >= 15 is 0 Å². The summed E-state index contributed by atoms with van der Waals surface area (Å²) in [6.07, 6.45) is 3.64. The summed E-state index contributed by atoms with van der Waals surface area (Å²) in [6.45, 7) is 0. The van der Waals surface area contributed by atoms with Gasteiger partial charge in [0.2, 0.25) is 0 Å². The van der Waals surface area contributed by atoms with Gasteiger partial charge in [-0.25, -0.2) is 0 Å². The van der Waals surface area contributed by atoms with E-state index in [9.17, 15) is 0 Å². The number of epoxide rings is 1. The Morgan fingerprint density at radius 3 is 2.82 bits per heavy atom. The molecular weight excluding hydrogens is 144 g/mol. The molecular formula is C8H12O3. The number of methoxy groups -OCH3 is 1. The van der Waals surface area contributed by atoms with Crippen LogP contribution in [0.5, 0.6) is 0 Å². The highest BCUT2D eigenvalue weighted by molar-refractivity contribution is 5.05. The Morgan fingerprint density at radius 1 is 1.18 bits per heavy atom. The van der Waals surface area contributed by atoms with Crippen molar-refractivity contribution >= 4 is 0 Å². The van der Waals surface area contributed by atoms with Gasteiger partial charge < -0.3 is 14.2 Å². The second kappa shape index (κ2) is 1.97. The first-order valence-electron chi connectivity index (χ1n) is 4.22. The molecule has 0 spiro atoms. The number of fused-ring (bicyclic) bond motifs is 3. The van der Waals surface area contributed by atoms with E-state index in [2.05, 4.69) is 0 Å². The molecule has 5 atom stereocenters. The molecule has 62 valence electrons. The van der Waals surface area contributed by atoms with Gasteiger partial charge in [0.1, 0.15) is 0 Å². The van der Waals surface area contributed by atoms with E-state index in [1.54, 1.807) is 7.11 Å². The molecule has 11 heavy (non-hydrogen) atoms. The molecule has 3 rings (SSSR count). The van der Waals surface area contributed by atoms with Crippen LogP contribution in [0.1, 0.15) is 12.8 Å². The first kappa shape index (κ1) is 6.40. The van der Waals surface area contributed by atoms with Crippen molar-refractivity contribution in [2.75, 3.05) is 7.11 Å². The predicted octanol–water partition coefficient (Wildman–Crippen LogP) is 0.535. The number of hydrogen-bond donors (Lipinski definition) is 0. The van der Waals surface area contributed by atoms with Gasteiger partial charge in [0.25, 0.3) is 0 Å². The molecule has 2 heterocycles. The van der Waals surface area contributed by atoms with Crippen LogP contribution in [0.4, 0.5) is 0 Å². The Bertz CT molecular complexity index is 182. The minimum Gasteiger partial charge on any atom is -0.369 e. The van der Waals surface area contributed by atoms with Crippen LogP contribution in [-0.4, -0.2) is 31.7 Å². The third-order valence-corrected chi connectivity index (χ3v) is 3.04. The topological polar surface area (TPSA) is 31.0 Å². The molecule has 0 aromatic heterocycles. The molecule has 0 bridgehead atoms. The fourth-order valence-electron chi connectivity index (χ4n) is 2.40. The molecule has 3 nitrogen and oxygen atoms in total. The molecule has 0 unspecified atom stereocenters. The minimum atomic E-state index is 0.0372. The van der Waals surface area contributed by atoms with Crippen molar-refractivity contribution in [2.24, 2.45) is 5.92 Å². The van der Waals surface area contributed by atoms with Gasteiger partial charge in [-0.15, -0.1) is 0 Å². The number of hydrogen-bond acceptors (Lipinski definition) is 3. The van der Waals surface area contributed by atoms with Crippen LogP contribution in [0.2, 0.25) is 0 Å². The molecule has 0 amide bonds. The Labute approximate surface area is 65.6 Å². The largest absolute Gasteiger partial charge is 0.369 e. The summed E-state index contributed by atoms with van der Waals surface area (Å²) in [5.74, 6) is 0.630. The summed E-state index contributed by atoms with van der Waals surface area (Å²) < 4.78 is 16.2. The molecule has 0 N–H and O–H groups in total. The van der Waals surface area contributed by atoms with Crippen LogP contribution >= 0.6 is 0 Å². The molecule has 0 aromatic carbocycles. The van der Waals surface area contributed by atoms with E-state index in [4.69, 9.17) is 14.2 Å². The second-order valence-corrected chi connectivity index (χ2v) is 3.61. The molecule has 1 aliphatic carbocycles. The highest BCUT2D eigenvalue weighted by Gasteiger charge is 2.59. The minimum absolute atomic E-state index is 0.0372. The molecule has 3 fully saturated rings. The lowest BCUT2D eigenvalue weighted by Crippen LogP contribution is -2.14. The Morgan fingerprint density at radius 2 is 2.09 bits per heavy atom. The summed E-state index contributed by atoms with van der Waals surface area (Å²) in [5.41, 5.74) is 0. The van der Waals surface area contributed by atoms with Crippen LogP contribution in [0.25, 0.3) is 0 Å². The first-order valence-corrected chi connectivity index (χ1v) is 4.22. The molecule has 3 heteroatoms. The average Bonchev–Trinajstić information content (AvgIpc) is 2.55. The van der Waals surface area contributed by atoms with Crippen molar-refractivity contribution in [3.8, 4) is 0 Å². The van der Waals surface area contributed by atoms with Crippen molar-refractivity contribution in [1.29, 1.82) is 0 Å². The molecule has 1 saturated carbocycles. The van der Waals surface area contributed by atoms with Crippen molar-refractivity contribution in [3.63, 3.8) is 0 Å². The standard InChI is InChI=1S/C8H12O3/c1-9-7-2-4-5(10-7)3-6-8(4)11-6/h4-8H,2-3H2,1H3/t4-,5-,6+,7+,8-/m0/s1. The summed E-state index contributed by atoms with van der Waals surface area (Å²) in [7, 11) is 1.71. The monoisotopic (exact) mass is 156 g/mol. The summed E-state index contributed by atoms with van der Waals surface area (Å²) in [5, 5.41) is 0. The summed E-state index contributed by atoms with van der Waals surface area (Å²) in [4.78, 5) is 0. The quantitative estimate of drug-likeness (QED) is 0.519. The van der Waals surface area contributed by atoms with Gasteiger partial charge in [-0.05, 0) is 0 Å². The molecule has 2 aliphatic heterocycles. The van der Waals surface area contributed by atoms with Gasteiger partial charge in [-0.2, -0.15) is 0 Å². The lowest BCUT2D eigenvalue weighted by molar-refractivity contribution is -0.117. The van der Waals surface area contributed by atoms with Crippen LogP contribution in [0, 0.1) is 5.92 Å². The number of ether oxygens (including phenoxy) is 3. The van der Waals surface area contributed by atoms with Crippen molar-refractivity contribution in [3.05, 3.63) is 0 Å². The van der Waals surface area contributed by atoms with Gasteiger partial charge in [-0.1, -0.05) is 0 Å². The summed E-state index contributed by atoms with van der Waals surface area (Å²) in [6, 6.07) is 0. The molecule has 3 aliphatic rings. The Hall–Kier alpha value is -0.120. The van der Waals surface area contributed by atoms with Gasteiger partial charge in [0.05, 0.1) is 18.3 Å². The SMILES string of the molecule is CO[C@H]1C[C@@H]2[C@@H]3O[C@@H]3C[C@@H]2O1. The lowest BCUT2D eigenvalue weighted by atomic mass is 10.0. The smallest absolute Gasteiger partial charge is 0.158 e. The average molecular weight is 156 g/mol. The second-order valence-electron chi connectivity index (χ2n) is 3.61. The summed E-state index contributed by atoms with van der Waals surface area (Å²) >= 11 is 0. The maximum absolute atomic E-state index is 5.63. The Balaban J connectivity index is 1.73. The highest BCUT2D eigenvalue weighted by Crippen LogP contribution is 2.50. The van der Waals surface area contributed by atoms with Gasteiger partial charge >= 0.3 is 0 Å². The van der Waals surface area contributed by atoms with E-state index in [1.807, 2.05) is 0 Å². The van der Waals surface area contributed by atoms with Crippen LogP contribution in [0.3, 0.4) is 0 Å². The van der Waals surface area contributed by atoms with E-state index in [0.29, 0.717) is 24.2 Å². The molecule has 2 saturated heterocycles. The van der Waals surface area contributed by atoms with Crippen molar-refractivity contribution in [1.82, 2.24) is 0 Å². The fourth-order valence-corrected chi connectivity index (χ4v) is 2.40. The van der Waals surface area contributed by atoms with E-state index in [0.717, 1.165) is 12.8 Å².